The predicted octanol–water partition coefficient (Wildman–Crippen LogP) is 3.10. The van der Waals surface area contributed by atoms with E-state index in [0.29, 0.717) is 0 Å². The van der Waals surface area contributed by atoms with Crippen molar-refractivity contribution in [1.82, 2.24) is 10.3 Å². The Morgan fingerprint density at radius 2 is 1.89 bits per heavy atom. The fourth-order valence-electron chi connectivity index (χ4n) is 1.79. The molecule has 1 N–H and O–H groups in total. The molecule has 0 aliphatic carbocycles. The Morgan fingerprint density at radius 1 is 1.16 bits per heavy atom. The maximum absolute atomic E-state index is 12.9. The van der Waals surface area contributed by atoms with Crippen LogP contribution in [0, 0.1) is 5.82 Å². The van der Waals surface area contributed by atoms with E-state index in [1.807, 2.05) is 30.3 Å². The average Bonchev–Trinajstić information content (AvgIpc) is 2.46. The second kappa shape index (κ2) is 6.29. The number of nitrogens with zero attached hydrogens (tertiary/aromatic N) is 2. The third kappa shape index (κ3) is 3.51. The maximum atomic E-state index is 12.9. The Labute approximate surface area is 113 Å². The lowest BCUT2D eigenvalue weighted by molar-refractivity contribution is 0.628. The molecule has 0 fully saturated rings. The van der Waals surface area contributed by atoms with Crippen molar-refractivity contribution >= 4 is 11.5 Å². The predicted molar refractivity (Wildman–Crippen MR) is 76.1 cm³/mol. The quantitative estimate of drug-likeness (QED) is 0.894. The summed E-state index contributed by atoms with van der Waals surface area (Å²) in [7, 11) is 1.92. The van der Waals surface area contributed by atoms with Crippen LogP contribution in [0.1, 0.15) is 12.5 Å². The summed E-state index contributed by atoms with van der Waals surface area (Å²) in [6, 6.07) is 10.4. The molecule has 0 aliphatic rings. The number of hydrogen-bond acceptors (Lipinski definition) is 3. The molecule has 100 valence electrons. The van der Waals surface area contributed by atoms with E-state index in [0.717, 1.165) is 30.2 Å². The highest BCUT2D eigenvalue weighted by Crippen LogP contribution is 2.21. The topological polar surface area (TPSA) is 28.2 Å². The van der Waals surface area contributed by atoms with Crippen molar-refractivity contribution in [2.45, 2.75) is 13.5 Å². The van der Waals surface area contributed by atoms with Gasteiger partial charge in [0.25, 0.3) is 0 Å². The van der Waals surface area contributed by atoms with Gasteiger partial charge in [-0.3, -0.25) is 0 Å². The lowest BCUT2D eigenvalue weighted by Gasteiger charge is -2.18. The second-order valence-corrected chi connectivity index (χ2v) is 4.34. The SMILES string of the molecule is CCNCc1ccc(N(C)c2ccc(F)cc2)nc1. The van der Waals surface area contributed by atoms with Crippen molar-refractivity contribution in [2.24, 2.45) is 0 Å². The van der Waals surface area contributed by atoms with Gasteiger partial charge in [0.2, 0.25) is 0 Å². The summed E-state index contributed by atoms with van der Waals surface area (Å²) in [5.41, 5.74) is 2.06. The largest absolute Gasteiger partial charge is 0.329 e. The van der Waals surface area contributed by atoms with Crippen molar-refractivity contribution in [3.8, 4) is 0 Å². The molecule has 0 saturated carbocycles. The van der Waals surface area contributed by atoms with E-state index >= 15 is 0 Å². The molecule has 0 saturated heterocycles. The van der Waals surface area contributed by atoms with Crippen LogP contribution in [0.2, 0.25) is 0 Å². The first-order valence-corrected chi connectivity index (χ1v) is 6.35. The van der Waals surface area contributed by atoms with Gasteiger partial charge in [0, 0.05) is 25.5 Å². The highest BCUT2D eigenvalue weighted by Gasteiger charge is 2.05. The summed E-state index contributed by atoms with van der Waals surface area (Å²) < 4.78 is 12.9. The van der Waals surface area contributed by atoms with Gasteiger partial charge in [-0.25, -0.2) is 9.37 Å². The molecule has 1 aromatic heterocycles. The van der Waals surface area contributed by atoms with Gasteiger partial charge in [-0.05, 0) is 42.4 Å². The van der Waals surface area contributed by atoms with E-state index in [-0.39, 0.29) is 5.82 Å². The summed E-state index contributed by atoms with van der Waals surface area (Å²) in [6.45, 7) is 3.84. The summed E-state index contributed by atoms with van der Waals surface area (Å²) in [5.74, 6) is 0.609. The van der Waals surface area contributed by atoms with Crippen LogP contribution in [0.3, 0.4) is 0 Å². The molecule has 2 aromatic rings. The van der Waals surface area contributed by atoms with Gasteiger partial charge in [-0.15, -0.1) is 0 Å². The van der Waals surface area contributed by atoms with Crippen LogP contribution < -0.4 is 10.2 Å². The smallest absolute Gasteiger partial charge is 0.132 e. The molecule has 1 heterocycles. The van der Waals surface area contributed by atoms with Gasteiger partial charge >= 0.3 is 0 Å². The van der Waals surface area contributed by atoms with E-state index in [1.165, 1.54) is 12.1 Å². The fraction of sp³-hybridized carbons (Fsp3) is 0.267. The number of rotatable bonds is 5. The van der Waals surface area contributed by atoms with E-state index in [1.54, 1.807) is 12.1 Å². The summed E-state index contributed by atoms with van der Waals surface area (Å²) in [5, 5.41) is 3.26. The monoisotopic (exact) mass is 259 g/mol. The third-order valence-electron chi connectivity index (χ3n) is 2.95. The molecule has 19 heavy (non-hydrogen) atoms. The Hall–Kier alpha value is -1.94. The van der Waals surface area contributed by atoms with Crippen LogP contribution in [-0.4, -0.2) is 18.6 Å². The third-order valence-corrected chi connectivity index (χ3v) is 2.95. The molecule has 0 radical (unpaired) electrons. The Balaban J connectivity index is 2.10. The second-order valence-electron chi connectivity index (χ2n) is 4.34. The number of pyridine rings is 1. The number of anilines is 2. The molecular formula is C15H18FN3. The van der Waals surface area contributed by atoms with Crippen molar-refractivity contribution in [1.29, 1.82) is 0 Å². The van der Waals surface area contributed by atoms with Crippen molar-refractivity contribution < 1.29 is 4.39 Å². The van der Waals surface area contributed by atoms with Crippen molar-refractivity contribution in [2.75, 3.05) is 18.5 Å². The summed E-state index contributed by atoms with van der Waals surface area (Å²) in [4.78, 5) is 6.35. The molecular weight excluding hydrogens is 241 g/mol. The first kappa shape index (κ1) is 13.5. The molecule has 0 unspecified atom stereocenters. The summed E-state index contributed by atoms with van der Waals surface area (Å²) >= 11 is 0. The van der Waals surface area contributed by atoms with Crippen LogP contribution >= 0.6 is 0 Å². The van der Waals surface area contributed by atoms with Gasteiger partial charge in [0.05, 0.1) is 0 Å². The molecule has 0 bridgehead atoms. The summed E-state index contributed by atoms with van der Waals surface area (Å²) in [6.07, 6.45) is 1.86. The first-order chi connectivity index (χ1) is 9.20. The number of hydrogen-bond donors (Lipinski definition) is 1. The van der Waals surface area contributed by atoms with Crippen LogP contribution in [-0.2, 0) is 6.54 Å². The highest BCUT2D eigenvalue weighted by atomic mass is 19.1. The Morgan fingerprint density at radius 3 is 2.47 bits per heavy atom. The number of aromatic nitrogens is 1. The zero-order chi connectivity index (χ0) is 13.7. The lowest BCUT2D eigenvalue weighted by Crippen LogP contribution is -2.13. The van der Waals surface area contributed by atoms with Gasteiger partial charge in [-0.2, -0.15) is 0 Å². The standard InChI is InChI=1S/C15H18FN3/c1-3-17-10-12-4-9-15(18-11-12)19(2)14-7-5-13(16)6-8-14/h4-9,11,17H,3,10H2,1-2H3. The molecule has 2 rings (SSSR count). The number of benzene rings is 1. The Kier molecular flexibility index (Phi) is 4.47. The van der Waals surface area contributed by atoms with Crippen LogP contribution in [0.5, 0.6) is 0 Å². The van der Waals surface area contributed by atoms with Crippen LogP contribution in [0.15, 0.2) is 42.6 Å². The minimum atomic E-state index is -0.230. The molecule has 3 nitrogen and oxygen atoms in total. The first-order valence-electron chi connectivity index (χ1n) is 6.35. The van der Waals surface area contributed by atoms with E-state index in [4.69, 9.17) is 0 Å². The molecule has 0 amide bonds. The van der Waals surface area contributed by atoms with Gasteiger partial charge in [0.15, 0.2) is 0 Å². The Bertz CT molecular complexity index is 508. The highest BCUT2D eigenvalue weighted by molar-refractivity contribution is 5.58. The van der Waals surface area contributed by atoms with Gasteiger partial charge in [-0.1, -0.05) is 13.0 Å². The molecule has 1 aromatic carbocycles. The van der Waals surface area contributed by atoms with Gasteiger partial charge < -0.3 is 10.2 Å². The number of halogens is 1. The molecule has 0 aliphatic heterocycles. The van der Waals surface area contributed by atoms with E-state index in [2.05, 4.69) is 17.2 Å². The van der Waals surface area contributed by atoms with Crippen molar-refractivity contribution in [3.05, 3.63) is 54.0 Å². The molecule has 4 heteroatoms. The molecule has 0 atom stereocenters. The van der Waals surface area contributed by atoms with Crippen molar-refractivity contribution in [3.63, 3.8) is 0 Å². The van der Waals surface area contributed by atoms with Gasteiger partial charge in [0.1, 0.15) is 11.6 Å². The normalized spacial score (nSPS) is 10.5. The van der Waals surface area contributed by atoms with E-state index in [9.17, 15) is 4.39 Å². The maximum Gasteiger partial charge on any atom is 0.132 e. The molecule has 0 spiro atoms. The zero-order valence-corrected chi connectivity index (χ0v) is 11.2. The zero-order valence-electron chi connectivity index (χ0n) is 11.2. The average molecular weight is 259 g/mol. The minimum absolute atomic E-state index is 0.230. The lowest BCUT2D eigenvalue weighted by atomic mass is 10.2. The van der Waals surface area contributed by atoms with Crippen LogP contribution in [0.4, 0.5) is 15.9 Å². The minimum Gasteiger partial charge on any atom is -0.329 e. The fourth-order valence-corrected chi connectivity index (χ4v) is 1.79. The van der Waals surface area contributed by atoms with Crippen LogP contribution in [0.25, 0.3) is 0 Å². The van der Waals surface area contributed by atoms with E-state index < -0.39 is 0 Å². The number of nitrogens with one attached hydrogen (secondary N) is 1.